The second kappa shape index (κ2) is 5.94. The molecule has 0 saturated carbocycles. The first-order valence-electron chi connectivity index (χ1n) is 6.15. The highest BCUT2D eigenvalue weighted by atomic mass is 32.2. The van der Waals surface area contributed by atoms with Gasteiger partial charge in [-0.2, -0.15) is 5.26 Å². The maximum atomic E-state index is 11.5. The lowest BCUT2D eigenvalue weighted by molar-refractivity contribution is -0.133. The summed E-state index contributed by atoms with van der Waals surface area (Å²) in [7, 11) is 0. The van der Waals surface area contributed by atoms with Gasteiger partial charge in [0.25, 0.3) is 0 Å². The maximum Gasteiger partial charge on any atom is 0.336 e. The minimum absolute atomic E-state index is 0.0395. The lowest BCUT2D eigenvalue weighted by atomic mass is 9.83. The molecule has 6 heteroatoms. The van der Waals surface area contributed by atoms with Gasteiger partial charge in [-0.25, -0.2) is 4.79 Å². The highest BCUT2D eigenvalue weighted by molar-refractivity contribution is 7.98. The smallest absolute Gasteiger partial charge is 0.336 e. The van der Waals surface area contributed by atoms with Crippen molar-refractivity contribution in [1.82, 2.24) is 0 Å². The van der Waals surface area contributed by atoms with Crippen molar-refractivity contribution in [2.24, 2.45) is 5.73 Å². The summed E-state index contributed by atoms with van der Waals surface area (Å²) in [6.07, 6.45) is 1.95. The van der Waals surface area contributed by atoms with Crippen LogP contribution in [-0.2, 0) is 9.53 Å². The lowest BCUT2D eigenvalue weighted by Gasteiger charge is -2.25. The van der Waals surface area contributed by atoms with Crippen LogP contribution in [0.25, 0.3) is 0 Å². The van der Waals surface area contributed by atoms with Gasteiger partial charge in [-0.1, -0.05) is 12.1 Å². The van der Waals surface area contributed by atoms with Crippen LogP contribution in [0.5, 0.6) is 0 Å². The molecule has 1 aromatic rings. The fraction of sp³-hybridized carbons (Fsp3) is 0.200. The summed E-state index contributed by atoms with van der Waals surface area (Å²) in [5.74, 6) is -1.67. The number of hydrogen-bond acceptors (Lipinski definition) is 5. The number of hydrogen-bond donors (Lipinski definition) is 2. The Balaban J connectivity index is 2.59. The van der Waals surface area contributed by atoms with Gasteiger partial charge in [0, 0.05) is 4.90 Å². The number of benzene rings is 1. The monoisotopic (exact) mass is 302 g/mol. The molecule has 1 aliphatic rings. The molecule has 2 rings (SSSR count). The quantitative estimate of drug-likeness (QED) is 0.833. The van der Waals surface area contributed by atoms with Crippen LogP contribution in [0.4, 0.5) is 0 Å². The van der Waals surface area contributed by atoms with Gasteiger partial charge < -0.3 is 15.6 Å². The van der Waals surface area contributed by atoms with Gasteiger partial charge >= 0.3 is 5.97 Å². The summed E-state index contributed by atoms with van der Waals surface area (Å²) >= 11 is 1.58. The summed E-state index contributed by atoms with van der Waals surface area (Å²) < 4.78 is 5.19. The number of thioether (sulfide) groups is 1. The van der Waals surface area contributed by atoms with E-state index in [2.05, 4.69) is 0 Å². The third kappa shape index (κ3) is 2.73. The molecule has 21 heavy (non-hydrogen) atoms. The van der Waals surface area contributed by atoms with Crippen molar-refractivity contribution in [2.75, 3.05) is 6.26 Å². The second-order valence-corrected chi connectivity index (χ2v) is 5.35. The summed E-state index contributed by atoms with van der Waals surface area (Å²) in [5, 5.41) is 18.7. The van der Waals surface area contributed by atoms with Gasteiger partial charge in [0.15, 0.2) is 0 Å². The zero-order chi connectivity index (χ0) is 15.6. The SMILES string of the molecule is CSc1ccc(C2C(C#N)=C(N)OC(C)=C2C(=O)O)cc1. The first kappa shape index (κ1) is 15.0. The molecule has 0 fully saturated rings. The van der Waals surface area contributed by atoms with E-state index in [0.717, 1.165) is 4.90 Å². The first-order chi connectivity index (χ1) is 9.99. The van der Waals surface area contributed by atoms with Gasteiger partial charge in [0.2, 0.25) is 5.88 Å². The second-order valence-electron chi connectivity index (χ2n) is 4.47. The van der Waals surface area contributed by atoms with Crippen LogP contribution >= 0.6 is 11.8 Å². The van der Waals surface area contributed by atoms with Crippen LogP contribution in [0.2, 0.25) is 0 Å². The molecule has 1 aliphatic heterocycles. The van der Waals surface area contributed by atoms with Crippen molar-refractivity contribution in [1.29, 1.82) is 5.26 Å². The number of carbonyl (C=O) groups is 1. The van der Waals surface area contributed by atoms with Crippen molar-refractivity contribution in [3.05, 3.63) is 52.6 Å². The van der Waals surface area contributed by atoms with E-state index in [1.54, 1.807) is 11.8 Å². The molecule has 0 aliphatic carbocycles. The van der Waals surface area contributed by atoms with Crippen molar-refractivity contribution < 1.29 is 14.6 Å². The first-order valence-corrected chi connectivity index (χ1v) is 7.37. The minimum Gasteiger partial charge on any atom is -0.478 e. The summed E-state index contributed by atoms with van der Waals surface area (Å²) in [6.45, 7) is 1.54. The van der Waals surface area contributed by atoms with E-state index < -0.39 is 11.9 Å². The Morgan fingerprint density at radius 2 is 2.05 bits per heavy atom. The van der Waals surface area contributed by atoms with Gasteiger partial charge in [0.05, 0.1) is 11.5 Å². The fourth-order valence-corrected chi connectivity index (χ4v) is 2.70. The molecule has 1 atom stereocenters. The van der Waals surface area contributed by atoms with Gasteiger partial charge in [-0.05, 0) is 30.9 Å². The molecule has 0 bridgehead atoms. The number of nitrogens with zero attached hydrogens (tertiary/aromatic N) is 1. The van der Waals surface area contributed by atoms with Gasteiger partial charge in [-0.15, -0.1) is 11.8 Å². The Bertz CT molecular complexity index is 684. The van der Waals surface area contributed by atoms with Crippen molar-refractivity contribution >= 4 is 17.7 Å². The maximum absolute atomic E-state index is 11.5. The van der Waals surface area contributed by atoms with Crippen LogP contribution in [0.3, 0.4) is 0 Å². The van der Waals surface area contributed by atoms with E-state index >= 15 is 0 Å². The van der Waals surface area contributed by atoms with Crippen molar-refractivity contribution in [2.45, 2.75) is 17.7 Å². The number of nitriles is 1. The molecule has 1 heterocycles. The van der Waals surface area contributed by atoms with E-state index in [4.69, 9.17) is 10.5 Å². The van der Waals surface area contributed by atoms with E-state index in [1.165, 1.54) is 6.92 Å². The third-order valence-corrected chi connectivity index (χ3v) is 4.03. The Labute approximate surface area is 126 Å². The number of carboxylic acid groups (broad SMARTS) is 1. The standard InChI is InChI=1S/C15H14N2O3S/c1-8-12(15(18)19)13(11(7-16)14(17)20-8)9-3-5-10(21-2)6-4-9/h3-6,13H,17H2,1-2H3,(H,18,19). The molecular formula is C15H14N2O3S. The predicted octanol–water partition coefficient (Wildman–Crippen LogP) is 2.57. The number of allylic oxidation sites excluding steroid dienone is 2. The Morgan fingerprint density at radius 1 is 1.43 bits per heavy atom. The van der Waals surface area contributed by atoms with Gasteiger partial charge in [0.1, 0.15) is 17.4 Å². The van der Waals surface area contributed by atoms with Crippen LogP contribution < -0.4 is 5.73 Å². The van der Waals surface area contributed by atoms with Crippen LogP contribution in [0, 0.1) is 11.3 Å². The summed E-state index contributed by atoms with van der Waals surface area (Å²) in [5.41, 5.74) is 6.59. The molecule has 1 unspecified atom stereocenters. The Hall–Kier alpha value is -2.39. The molecule has 108 valence electrons. The van der Waals surface area contributed by atoms with Crippen LogP contribution in [0.1, 0.15) is 18.4 Å². The topological polar surface area (TPSA) is 96.3 Å². The fourth-order valence-electron chi connectivity index (χ4n) is 2.29. The average molecular weight is 302 g/mol. The largest absolute Gasteiger partial charge is 0.478 e. The summed E-state index contributed by atoms with van der Waals surface area (Å²) in [6, 6.07) is 9.35. The van der Waals surface area contributed by atoms with E-state index in [0.29, 0.717) is 5.56 Å². The molecule has 0 spiro atoms. The van der Waals surface area contributed by atoms with Crippen molar-refractivity contribution in [3.8, 4) is 6.07 Å². The van der Waals surface area contributed by atoms with Crippen LogP contribution in [0.15, 0.2) is 51.9 Å². The van der Waals surface area contributed by atoms with E-state index in [9.17, 15) is 15.2 Å². The van der Waals surface area contributed by atoms with Crippen molar-refractivity contribution in [3.63, 3.8) is 0 Å². The molecule has 0 saturated heterocycles. The predicted molar refractivity (Wildman–Crippen MR) is 79.2 cm³/mol. The van der Waals surface area contributed by atoms with Gasteiger partial charge in [-0.3, -0.25) is 0 Å². The molecule has 3 N–H and O–H groups in total. The minimum atomic E-state index is -1.12. The zero-order valence-electron chi connectivity index (χ0n) is 11.6. The number of aliphatic carboxylic acids is 1. The Morgan fingerprint density at radius 3 is 2.52 bits per heavy atom. The molecule has 5 nitrogen and oxygen atoms in total. The number of rotatable bonds is 3. The molecule has 1 aromatic carbocycles. The Kier molecular flexibility index (Phi) is 4.24. The summed E-state index contributed by atoms with van der Waals surface area (Å²) in [4.78, 5) is 12.6. The highest BCUT2D eigenvalue weighted by Crippen LogP contribution is 2.39. The molecule has 0 aromatic heterocycles. The molecular weight excluding hydrogens is 288 g/mol. The lowest BCUT2D eigenvalue weighted by Crippen LogP contribution is -2.24. The number of ether oxygens (including phenoxy) is 1. The molecule has 0 amide bonds. The molecule has 0 radical (unpaired) electrons. The highest BCUT2D eigenvalue weighted by Gasteiger charge is 2.35. The third-order valence-electron chi connectivity index (χ3n) is 3.29. The number of carboxylic acids is 1. The van der Waals surface area contributed by atoms with Crippen LogP contribution in [-0.4, -0.2) is 17.3 Å². The zero-order valence-corrected chi connectivity index (χ0v) is 12.4. The van der Waals surface area contributed by atoms with E-state index in [1.807, 2.05) is 36.6 Å². The van der Waals surface area contributed by atoms with E-state index in [-0.39, 0.29) is 22.8 Å². The number of nitrogens with two attached hydrogens (primary N) is 1. The average Bonchev–Trinajstić information content (AvgIpc) is 2.46. The normalized spacial score (nSPS) is 18.2.